The van der Waals surface area contributed by atoms with E-state index in [1.807, 2.05) is 43.3 Å². The van der Waals surface area contributed by atoms with Crippen LogP contribution in [-0.2, 0) is 11.0 Å². The highest BCUT2D eigenvalue weighted by atomic mass is 19.4. The zero-order valence-corrected chi connectivity index (χ0v) is 20.1. The Hall–Kier alpha value is -3.31. The lowest BCUT2D eigenvalue weighted by atomic mass is 10.0. The minimum absolute atomic E-state index is 0.0499. The van der Waals surface area contributed by atoms with Crippen molar-refractivity contribution in [1.29, 1.82) is 0 Å². The van der Waals surface area contributed by atoms with Gasteiger partial charge in [0, 0.05) is 36.7 Å². The number of aliphatic hydroxyl groups excluding tert-OH is 1. The van der Waals surface area contributed by atoms with Crippen molar-refractivity contribution < 1.29 is 27.9 Å². The Morgan fingerprint density at radius 3 is 2.25 bits per heavy atom. The highest BCUT2D eigenvalue weighted by Crippen LogP contribution is 2.30. The van der Waals surface area contributed by atoms with Gasteiger partial charge < -0.3 is 30.4 Å². The lowest BCUT2D eigenvalue weighted by molar-refractivity contribution is -0.137. The fourth-order valence-electron chi connectivity index (χ4n) is 4.66. The summed E-state index contributed by atoms with van der Waals surface area (Å²) in [6.45, 7) is 1.75. The van der Waals surface area contributed by atoms with Gasteiger partial charge in [-0.05, 0) is 75.5 Å². The van der Waals surface area contributed by atoms with Gasteiger partial charge in [0.15, 0.2) is 0 Å². The molecule has 2 aromatic rings. The summed E-state index contributed by atoms with van der Waals surface area (Å²) in [6, 6.07) is 10.3. The van der Waals surface area contributed by atoms with Crippen LogP contribution in [0.5, 0.6) is 0 Å². The first-order valence-electron chi connectivity index (χ1n) is 11.8. The number of amides is 3. The first kappa shape index (κ1) is 25.8. The molecule has 2 aliphatic heterocycles. The number of rotatable bonds is 5. The Labute approximate surface area is 207 Å². The highest BCUT2D eigenvalue weighted by Gasteiger charge is 2.34. The molecule has 36 heavy (non-hydrogen) atoms. The normalized spacial score (nSPS) is 22.8. The minimum Gasteiger partial charge on any atom is -0.390 e. The lowest BCUT2D eigenvalue weighted by Crippen LogP contribution is -2.53. The Morgan fingerprint density at radius 1 is 1.03 bits per heavy atom. The van der Waals surface area contributed by atoms with Crippen molar-refractivity contribution in [3.8, 4) is 0 Å². The third kappa shape index (κ3) is 5.73. The fraction of sp³-hybridized carbons (Fsp3) is 0.440. The van der Waals surface area contributed by atoms with E-state index >= 15 is 0 Å². The molecule has 2 aliphatic rings. The number of benzene rings is 2. The monoisotopic (exact) mass is 505 g/mol. The van der Waals surface area contributed by atoms with Gasteiger partial charge >= 0.3 is 12.2 Å². The van der Waals surface area contributed by atoms with Crippen LogP contribution in [0.1, 0.15) is 18.4 Å². The van der Waals surface area contributed by atoms with Gasteiger partial charge in [-0.2, -0.15) is 13.2 Å². The second-order valence-electron chi connectivity index (χ2n) is 9.38. The van der Waals surface area contributed by atoms with E-state index in [9.17, 15) is 27.9 Å². The number of alkyl halides is 3. The molecule has 0 spiro atoms. The van der Waals surface area contributed by atoms with E-state index < -0.39 is 29.9 Å². The molecule has 0 radical (unpaired) electrons. The van der Waals surface area contributed by atoms with Crippen LogP contribution in [0.3, 0.4) is 0 Å². The maximum Gasteiger partial charge on any atom is 0.416 e. The number of carbonyl (C=O) groups is 2. The van der Waals surface area contributed by atoms with Crippen LogP contribution in [0.2, 0.25) is 0 Å². The van der Waals surface area contributed by atoms with Gasteiger partial charge in [-0.1, -0.05) is 0 Å². The van der Waals surface area contributed by atoms with Crippen LogP contribution >= 0.6 is 0 Å². The summed E-state index contributed by atoms with van der Waals surface area (Å²) in [7, 11) is 3.88. The molecule has 3 atom stereocenters. The topological polar surface area (TPSA) is 88.2 Å². The van der Waals surface area contributed by atoms with Crippen molar-refractivity contribution in [2.24, 2.45) is 0 Å². The zero-order valence-electron chi connectivity index (χ0n) is 20.1. The molecule has 2 fully saturated rings. The number of piperidine rings is 1. The van der Waals surface area contributed by atoms with Crippen molar-refractivity contribution in [3.05, 3.63) is 54.1 Å². The number of β-amino-alcohol motifs (C(OH)–C–C–N with tert-alkyl or cyclic N) is 1. The summed E-state index contributed by atoms with van der Waals surface area (Å²) in [5, 5.41) is 15.4. The molecule has 194 valence electrons. The molecule has 2 unspecified atom stereocenters. The molecule has 3 N–H and O–H groups in total. The Morgan fingerprint density at radius 2 is 1.67 bits per heavy atom. The van der Waals surface area contributed by atoms with E-state index in [1.54, 1.807) is 4.90 Å². The average Bonchev–Trinajstić information content (AvgIpc) is 3.22. The number of halogens is 3. The maximum atomic E-state index is 13.1. The third-order valence-corrected chi connectivity index (χ3v) is 6.66. The number of likely N-dealkylation sites (N-methyl/N-ethyl adjacent to an activating group) is 1. The summed E-state index contributed by atoms with van der Waals surface area (Å²) in [4.78, 5) is 31.2. The summed E-state index contributed by atoms with van der Waals surface area (Å²) >= 11 is 0. The lowest BCUT2D eigenvalue weighted by Gasteiger charge is -2.33. The molecule has 0 saturated carbocycles. The SMILES string of the molecule is CN(C)C1CN(c2ccc(N3CCC[C@@H](NC(=O)Nc4ccc(C(F)(F)F)cc4)C3=O)cc2)CC1O. The quantitative estimate of drug-likeness (QED) is 0.581. The Balaban J connectivity index is 1.35. The molecule has 2 saturated heterocycles. The molecule has 2 heterocycles. The number of hydrogen-bond acceptors (Lipinski definition) is 5. The number of nitrogens with one attached hydrogen (secondary N) is 2. The molecule has 0 bridgehead atoms. The summed E-state index contributed by atoms with van der Waals surface area (Å²) in [6.07, 6.45) is -3.75. The van der Waals surface area contributed by atoms with Gasteiger partial charge in [-0.15, -0.1) is 0 Å². The average molecular weight is 506 g/mol. The smallest absolute Gasteiger partial charge is 0.390 e. The Kier molecular flexibility index (Phi) is 7.41. The summed E-state index contributed by atoms with van der Waals surface area (Å²) < 4.78 is 38.1. The van der Waals surface area contributed by atoms with Crippen molar-refractivity contribution in [2.75, 3.05) is 48.8 Å². The molecule has 11 heteroatoms. The molecule has 3 amide bonds. The number of aliphatic hydroxyl groups is 1. The largest absolute Gasteiger partial charge is 0.416 e. The van der Waals surface area contributed by atoms with Gasteiger partial charge in [0.05, 0.1) is 17.7 Å². The number of carbonyl (C=O) groups excluding carboxylic acids is 2. The number of urea groups is 1. The van der Waals surface area contributed by atoms with Gasteiger partial charge in [0.1, 0.15) is 6.04 Å². The standard InChI is InChI=1S/C25H30F3N5O3/c1-31(2)21-14-32(15-22(21)34)18-9-11-19(12-10-18)33-13-3-4-20(23(33)35)30-24(36)29-17-7-5-16(6-8-17)25(26,27)28/h5-12,20-22,34H,3-4,13-15H2,1-2H3,(H2,29,30,36)/t20-,21?,22?/m1/s1. The van der Waals surface area contributed by atoms with E-state index in [4.69, 9.17) is 0 Å². The predicted octanol–water partition coefficient (Wildman–Crippen LogP) is 3.13. The van der Waals surface area contributed by atoms with E-state index in [0.717, 1.165) is 17.8 Å². The summed E-state index contributed by atoms with van der Waals surface area (Å²) in [5.41, 5.74) is 1.05. The molecular weight excluding hydrogens is 475 g/mol. The van der Waals surface area contributed by atoms with E-state index in [0.29, 0.717) is 38.2 Å². The Bertz CT molecular complexity index is 1080. The van der Waals surface area contributed by atoms with Crippen LogP contribution in [0.25, 0.3) is 0 Å². The predicted molar refractivity (Wildman–Crippen MR) is 131 cm³/mol. The van der Waals surface area contributed by atoms with Crippen LogP contribution in [-0.4, -0.2) is 73.9 Å². The van der Waals surface area contributed by atoms with Gasteiger partial charge in [0.25, 0.3) is 0 Å². The van der Waals surface area contributed by atoms with E-state index in [-0.39, 0.29) is 17.6 Å². The van der Waals surface area contributed by atoms with Gasteiger partial charge in [-0.3, -0.25) is 4.79 Å². The van der Waals surface area contributed by atoms with E-state index in [1.165, 1.54) is 12.1 Å². The molecule has 2 aromatic carbocycles. The second-order valence-corrected chi connectivity index (χ2v) is 9.38. The van der Waals surface area contributed by atoms with Crippen molar-refractivity contribution in [2.45, 2.75) is 37.2 Å². The maximum absolute atomic E-state index is 13.1. The molecule has 4 rings (SSSR count). The third-order valence-electron chi connectivity index (χ3n) is 6.66. The number of anilines is 3. The van der Waals surface area contributed by atoms with Crippen molar-refractivity contribution in [3.63, 3.8) is 0 Å². The van der Waals surface area contributed by atoms with Gasteiger partial charge in [-0.25, -0.2) is 4.79 Å². The van der Waals surface area contributed by atoms with Crippen molar-refractivity contribution in [1.82, 2.24) is 10.2 Å². The van der Waals surface area contributed by atoms with Crippen LogP contribution in [0.4, 0.5) is 35.0 Å². The van der Waals surface area contributed by atoms with Crippen molar-refractivity contribution >= 4 is 29.0 Å². The second kappa shape index (κ2) is 10.4. The van der Waals surface area contributed by atoms with Crippen LogP contribution in [0, 0.1) is 0 Å². The van der Waals surface area contributed by atoms with E-state index in [2.05, 4.69) is 15.5 Å². The first-order valence-corrected chi connectivity index (χ1v) is 11.8. The molecule has 0 aliphatic carbocycles. The first-order chi connectivity index (χ1) is 17.0. The zero-order chi connectivity index (χ0) is 26.0. The highest BCUT2D eigenvalue weighted by molar-refractivity contribution is 6.01. The number of hydrogen-bond donors (Lipinski definition) is 3. The molecule has 8 nitrogen and oxygen atoms in total. The molecule has 0 aromatic heterocycles. The van der Waals surface area contributed by atoms with Crippen LogP contribution < -0.4 is 20.4 Å². The summed E-state index contributed by atoms with van der Waals surface area (Å²) in [5.74, 6) is -0.249. The fourth-order valence-corrected chi connectivity index (χ4v) is 4.66. The number of nitrogens with zero attached hydrogens (tertiary/aromatic N) is 3. The minimum atomic E-state index is -4.46. The molecular formula is C25H30F3N5O3. The van der Waals surface area contributed by atoms with Gasteiger partial charge in [0.2, 0.25) is 5.91 Å². The van der Waals surface area contributed by atoms with Crippen LogP contribution in [0.15, 0.2) is 48.5 Å².